The predicted octanol–water partition coefficient (Wildman–Crippen LogP) is 3.39. The Bertz CT molecular complexity index is 572. The lowest BCUT2D eigenvalue weighted by atomic mass is 10.3. The molecule has 0 saturated heterocycles. The normalized spacial score (nSPS) is 10.6. The molecular formula is C13H16Cl2N3OS2+. The molecule has 0 bridgehead atoms. The Hall–Kier alpha value is -0.790. The van der Waals surface area contributed by atoms with Gasteiger partial charge in [-0.25, -0.2) is 4.79 Å². The van der Waals surface area contributed by atoms with Crippen molar-refractivity contribution in [2.24, 2.45) is 0 Å². The third-order valence-electron chi connectivity index (χ3n) is 2.74. The highest BCUT2D eigenvalue weighted by molar-refractivity contribution is 7.20. The molecule has 21 heavy (non-hydrogen) atoms. The van der Waals surface area contributed by atoms with E-state index in [2.05, 4.69) is 16.0 Å². The van der Waals surface area contributed by atoms with Gasteiger partial charge in [-0.1, -0.05) is 23.2 Å². The average molecular weight is 365 g/mol. The van der Waals surface area contributed by atoms with Gasteiger partial charge in [0.05, 0.1) is 16.6 Å². The number of urea groups is 1. The molecule has 2 amide bonds. The minimum absolute atomic E-state index is 0.166. The van der Waals surface area contributed by atoms with Gasteiger partial charge in [-0.05, 0) is 17.5 Å². The molecule has 0 aliphatic rings. The Morgan fingerprint density at radius 1 is 1.38 bits per heavy atom. The van der Waals surface area contributed by atoms with Crippen LogP contribution in [0, 0.1) is 0 Å². The third kappa shape index (κ3) is 5.84. The van der Waals surface area contributed by atoms with Crippen molar-refractivity contribution in [1.82, 2.24) is 5.32 Å². The molecule has 2 rings (SSSR count). The minimum atomic E-state index is -0.166. The second-order valence-corrected chi connectivity index (χ2v) is 7.44. The van der Waals surface area contributed by atoms with E-state index in [1.54, 1.807) is 11.3 Å². The maximum atomic E-state index is 11.6. The number of hydrogen-bond acceptors (Lipinski definition) is 3. The van der Waals surface area contributed by atoms with Gasteiger partial charge in [0, 0.05) is 23.9 Å². The second kappa shape index (κ2) is 8.60. The van der Waals surface area contributed by atoms with E-state index in [0.29, 0.717) is 6.54 Å². The van der Waals surface area contributed by atoms with Crippen molar-refractivity contribution in [1.29, 1.82) is 0 Å². The number of nitrogens with two attached hydrogens (primary N) is 1. The molecule has 0 aromatic carbocycles. The molecule has 4 N–H and O–H groups in total. The van der Waals surface area contributed by atoms with Gasteiger partial charge in [0.25, 0.3) is 0 Å². The average Bonchev–Trinajstić information content (AvgIpc) is 3.04. The van der Waals surface area contributed by atoms with Crippen LogP contribution in [-0.2, 0) is 6.54 Å². The molecule has 2 heterocycles. The van der Waals surface area contributed by atoms with E-state index in [0.717, 1.165) is 39.4 Å². The molecule has 114 valence electrons. The minimum Gasteiger partial charge on any atom is -0.342 e. The summed E-state index contributed by atoms with van der Waals surface area (Å²) in [6.45, 7) is 2.37. The molecule has 4 nitrogen and oxygen atoms in total. The molecule has 2 aromatic heterocycles. The van der Waals surface area contributed by atoms with E-state index < -0.39 is 0 Å². The fourth-order valence-corrected chi connectivity index (χ4v) is 3.83. The van der Waals surface area contributed by atoms with Gasteiger partial charge < -0.3 is 16.0 Å². The molecule has 0 unspecified atom stereocenters. The van der Waals surface area contributed by atoms with Gasteiger partial charge in [0.1, 0.15) is 10.9 Å². The molecule has 0 saturated carbocycles. The monoisotopic (exact) mass is 364 g/mol. The van der Waals surface area contributed by atoms with Crippen LogP contribution in [0.3, 0.4) is 0 Å². The number of amides is 2. The topological polar surface area (TPSA) is 57.7 Å². The van der Waals surface area contributed by atoms with Gasteiger partial charge in [-0.2, -0.15) is 11.3 Å². The molecule has 0 atom stereocenters. The lowest BCUT2D eigenvalue weighted by Crippen LogP contribution is -2.82. The smallest absolute Gasteiger partial charge is 0.319 e. The Morgan fingerprint density at radius 3 is 2.90 bits per heavy atom. The Morgan fingerprint density at radius 2 is 2.24 bits per heavy atom. The summed E-state index contributed by atoms with van der Waals surface area (Å²) in [4.78, 5) is 11.6. The Kier molecular flexibility index (Phi) is 6.79. The Balaban J connectivity index is 1.54. The van der Waals surface area contributed by atoms with Crippen LogP contribution in [-0.4, -0.2) is 19.1 Å². The standard InChI is InChI=1S/C13H15Cl2N3OS2/c14-11-6-9(12(15)21-11)7-16-3-1-4-17-13(19)18-10-2-5-20-8-10/h2,5-6,8,16H,1,3-4,7H2,(H2,17,18,19)/p+1. The first-order valence-electron chi connectivity index (χ1n) is 6.47. The van der Waals surface area contributed by atoms with Crippen molar-refractivity contribution in [2.45, 2.75) is 13.0 Å². The SMILES string of the molecule is O=C(NCCC[NH2+]Cc1cc(Cl)sc1Cl)Nc1ccsc1. The number of carbonyl (C=O) groups is 1. The van der Waals surface area contributed by atoms with Crippen LogP contribution in [0.1, 0.15) is 12.0 Å². The lowest BCUT2D eigenvalue weighted by molar-refractivity contribution is -0.670. The predicted molar refractivity (Wildman–Crippen MR) is 90.8 cm³/mol. The molecule has 0 aliphatic heterocycles. The highest BCUT2D eigenvalue weighted by Crippen LogP contribution is 2.30. The fraction of sp³-hybridized carbons (Fsp3) is 0.308. The number of anilines is 1. The molecule has 0 fully saturated rings. The van der Waals surface area contributed by atoms with E-state index in [4.69, 9.17) is 23.2 Å². The first-order chi connectivity index (χ1) is 10.1. The van der Waals surface area contributed by atoms with E-state index in [9.17, 15) is 4.79 Å². The van der Waals surface area contributed by atoms with Crippen LogP contribution >= 0.6 is 45.9 Å². The van der Waals surface area contributed by atoms with Crippen LogP contribution < -0.4 is 16.0 Å². The summed E-state index contributed by atoms with van der Waals surface area (Å²) >= 11 is 14.9. The highest BCUT2D eigenvalue weighted by atomic mass is 35.5. The number of carbonyl (C=O) groups excluding carboxylic acids is 1. The van der Waals surface area contributed by atoms with Crippen molar-refractivity contribution in [3.8, 4) is 0 Å². The summed E-state index contributed by atoms with van der Waals surface area (Å²) in [5.41, 5.74) is 1.89. The zero-order valence-electron chi connectivity index (χ0n) is 11.2. The van der Waals surface area contributed by atoms with Gasteiger partial charge in [0.15, 0.2) is 0 Å². The quantitative estimate of drug-likeness (QED) is 0.648. The van der Waals surface area contributed by atoms with Crippen molar-refractivity contribution >= 4 is 57.6 Å². The fourth-order valence-electron chi connectivity index (χ4n) is 1.73. The van der Waals surface area contributed by atoms with Gasteiger partial charge >= 0.3 is 6.03 Å². The first-order valence-corrected chi connectivity index (χ1v) is 8.99. The van der Waals surface area contributed by atoms with Crippen LogP contribution in [0.5, 0.6) is 0 Å². The van der Waals surface area contributed by atoms with E-state index in [1.807, 2.05) is 22.9 Å². The summed E-state index contributed by atoms with van der Waals surface area (Å²) in [7, 11) is 0. The van der Waals surface area contributed by atoms with Crippen LogP contribution in [0.25, 0.3) is 0 Å². The molecule has 8 heteroatoms. The maximum Gasteiger partial charge on any atom is 0.319 e. The van der Waals surface area contributed by atoms with Crippen LogP contribution in [0.4, 0.5) is 10.5 Å². The van der Waals surface area contributed by atoms with Crippen molar-refractivity contribution in [2.75, 3.05) is 18.4 Å². The number of hydrogen-bond donors (Lipinski definition) is 3. The summed E-state index contributed by atoms with van der Waals surface area (Å²) in [5.74, 6) is 0. The summed E-state index contributed by atoms with van der Waals surface area (Å²) < 4.78 is 1.47. The van der Waals surface area contributed by atoms with Crippen LogP contribution in [0.15, 0.2) is 22.9 Å². The Labute approximate surface area is 141 Å². The van der Waals surface area contributed by atoms with Gasteiger partial charge in [0.2, 0.25) is 0 Å². The zero-order chi connectivity index (χ0) is 15.1. The zero-order valence-corrected chi connectivity index (χ0v) is 14.3. The van der Waals surface area contributed by atoms with E-state index >= 15 is 0 Å². The largest absolute Gasteiger partial charge is 0.342 e. The summed E-state index contributed by atoms with van der Waals surface area (Å²) in [5, 5.41) is 11.6. The number of halogens is 2. The van der Waals surface area contributed by atoms with Crippen molar-refractivity contribution < 1.29 is 10.1 Å². The molecule has 0 spiro atoms. The van der Waals surface area contributed by atoms with Crippen molar-refractivity contribution in [3.63, 3.8) is 0 Å². The van der Waals surface area contributed by atoms with E-state index in [1.165, 1.54) is 11.3 Å². The highest BCUT2D eigenvalue weighted by Gasteiger charge is 2.07. The second-order valence-electron chi connectivity index (χ2n) is 4.38. The number of nitrogens with one attached hydrogen (secondary N) is 2. The summed E-state index contributed by atoms with van der Waals surface area (Å²) in [6.07, 6.45) is 0.895. The molecule has 0 radical (unpaired) electrons. The molecular weight excluding hydrogens is 349 g/mol. The van der Waals surface area contributed by atoms with Crippen LogP contribution in [0.2, 0.25) is 8.67 Å². The van der Waals surface area contributed by atoms with E-state index in [-0.39, 0.29) is 6.03 Å². The lowest BCUT2D eigenvalue weighted by Gasteiger charge is -2.05. The van der Waals surface area contributed by atoms with Crippen molar-refractivity contribution in [3.05, 3.63) is 37.1 Å². The molecule has 0 aliphatic carbocycles. The third-order valence-corrected chi connectivity index (χ3v) is 4.99. The number of rotatable bonds is 7. The van der Waals surface area contributed by atoms with Gasteiger partial charge in [-0.15, -0.1) is 11.3 Å². The molecule has 2 aromatic rings. The number of quaternary nitrogens is 1. The summed E-state index contributed by atoms with van der Waals surface area (Å²) in [6, 6.07) is 3.60. The first kappa shape index (κ1) is 16.6. The maximum absolute atomic E-state index is 11.6. The number of thiophene rings is 2. The van der Waals surface area contributed by atoms with Gasteiger partial charge in [-0.3, -0.25) is 0 Å².